The second-order valence-electron chi connectivity index (χ2n) is 4.47. The van der Waals surface area contributed by atoms with E-state index < -0.39 is 0 Å². The van der Waals surface area contributed by atoms with Crippen molar-refractivity contribution in [2.75, 3.05) is 5.73 Å². The van der Waals surface area contributed by atoms with Crippen molar-refractivity contribution in [1.29, 1.82) is 0 Å². The lowest BCUT2D eigenvalue weighted by Gasteiger charge is -2.07. The maximum absolute atomic E-state index is 5.97. The summed E-state index contributed by atoms with van der Waals surface area (Å²) in [6, 6.07) is 12.6. The van der Waals surface area contributed by atoms with E-state index in [0.29, 0.717) is 0 Å². The molecule has 18 heavy (non-hydrogen) atoms. The number of aryl methyl sites for hydroxylation is 2. The summed E-state index contributed by atoms with van der Waals surface area (Å²) in [5.74, 6) is 0.948. The number of rotatable bonds is 3. The van der Waals surface area contributed by atoms with Crippen LogP contribution in [-0.2, 0) is 5.75 Å². The summed E-state index contributed by atoms with van der Waals surface area (Å²) in [5, 5.41) is 0. The summed E-state index contributed by atoms with van der Waals surface area (Å²) in [5.41, 5.74) is 10.8. The van der Waals surface area contributed by atoms with E-state index >= 15 is 0 Å². The van der Waals surface area contributed by atoms with E-state index in [0.717, 1.165) is 20.8 Å². The average molecular weight is 322 g/mol. The molecule has 2 aromatic rings. The molecule has 0 radical (unpaired) electrons. The van der Waals surface area contributed by atoms with Gasteiger partial charge in [0.1, 0.15) is 0 Å². The third-order valence-electron chi connectivity index (χ3n) is 2.65. The van der Waals surface area contributed by atoms with E-state index in [1.807, 2.05) is 12.1 Å². The monoisotopic (exact) mass is 321 g/mol. The molecule has 94 valence electrons. The maximum Gasteiger partial charge on any atom is 0.0453 e. The van der Waals surface area contributed by atoms with Gasteiger partial charge in [0.05, 0.1) is 0 Å². The van der Waals surface area contributed by atoms with Crippen molar-refractivity contribution in [1.82, 2.24) is 0 Å². The zero-order chi connectivity index (χ0) is 13.1. The van der Waals surface area contributed by atoms with Gasteiger partial charge in [-0.1, -0.05) is 45.3 Å². The van der Waals surface area contributed by atoms with Gasteiger partial charge in [0, 0.05) is 20.8 Å². The average Bonchev–Trinajstić information content (AvgIpc) is 2.29. The fourth-order valence-corrected chi connectivity index (χ4v) is 3.39. The quantitative estimate of drug-likeness (QED) is 0.640. The number of benzene rings is 2. The molecule has 0 atom stereocenters. The molecule has 2 N–H and O–H groups in total. The van der Waals surface area contributed by atoms with Crippen molar-refractivity contribution in [2.45, 2.75) is 24.5 Å². The number of hydrogen-bond acceptors (Lipinski definition) is 2. The molecule has 1 nitrogen and oxygen atoms in total. The Morgan fingerprint density at radius 3 is 2.39 bits per heavy atom. The van der Waals surface area contributed by atoms with Crippen molar-refractivity contribution in [3.05, 3.63) is 57.6 Å². The zero-order valence-electron chi connectivity index (χ0n) is 10.5. The van der Waals surface area contributed by atoms with Crippen LogP contribution < -0.4 is 5.73 Å². The minimum Gasteiger partial charge on any atom is -0.398 e. The van der Waals surface area contributed by atoms with Crippen LogP contribution in [0.2, 0.25) is 0 Å². The van der Waals surface area contributed by atoms with Gasteiger partial charge in [0.15, 0.2) is 0 Å². The molecule has 0 fully saturated rings. The lowest BCUT2D eigenvalue weighted by molar-refractivity contribution is 1.29. The Hall–Kier alpha value is -0.930. The van der Waals surface area contributed by atoms with Crippen LogP contribution >= 0.6 is 27.7 Å². The SMILES string of the molecule is Cc1cc(C)cc(CSc2cc(Br)ccc2N)c1. The lowest BCUT2D eigenvalue weighted by atomic mass is 10.1. The van der Waals surface area contributed by atoms with Gasteiger partial charge in [-0.2, -0.15) is 0 Å². The summed E-state index contributed by atoms with van der Waals surface area (Å²) < 4.78 is 1.07. The predicted octanol–water partition coefficient (Wildman–Crippen LogP) is 4.94. The first-order valence-electron chi connectivity index (χ1n) is 5.79. The second kappa shape index (κ2) is 5.81. The van der Waals surface area contributed by atoms with Gasteiger partial charge in [-0.3, -0.25) is 0 Å². The lowest BCUT2D eigenvalue weighted by Crippen LogP contribution is -1.90. The highest BCUT2D eigenvalue weighted by molar-refractivity contribution is 9.10. The molecule has 0 aliphatic heterocycles. The number of halogens is 1. The summed E-state index contributed by atoms with van der Waals surface area (Å²) >= 11 is 5.25. The van der Waals surface area contributed by atoms with E-state index in [2.05, 4.69) is 54.0 Å². The number of anilines is 1. The van der Waals surface area contributed by atoms with Gasteiger partial charge >= 0.3 is 0 Å². The zero-order valence-corrected chi connectivity index (χ0v) is 12.9. The molecule has 0 heterocycles. The largest absolute Gasteiger partial charge is 0.398 e. The molecule has 0 aromatic heterocycles. The first kappa shape index (κ1) is 13.5. The minimum absolute atomic E-state index is 0.840. The van der Waals surface area contributed by atoms with Gasteiger partial charge < -0.3 is 5.73 Å². The van der Waals surface area contributed by atoms with E-state index in [-0.39, 0.29) is 0 Å². The first-order valence-corrected chi connectivity index (χ1v) is 7.57. The van der Waals surface area contributed by atoms with Crippen LogP contribution in [0.4, 0.5) is 5.69 Å². The minimum atomic E-state index is 0.840. The van der Waals surface area contributed by atoms with Crippen molar-refractivity contribution >= 4 is 33.4 Å². The van der Waals surface area contributed by atoms with Gasteiger partial charge in [0.2, 0.25) is 0 Å². The topological polar surface area (TPSA) is 26.0 Å². The Morgan fingerprint density at radius 2 is 1.72 bits per heavy atom. The highest BCUT2D eigenvalue weighted by Gasteiger charge is 2.03. The summed E-state index contributed by atoms with van der Waals surface area (Å²) in [4.78, 5) is 1.13. The highest BCUT2D eigenvalue weighted by atomic mass is 79.9. The standard InChI is InChI=1S/C15H16BrNS/c1-10-5-11(2)7-12(6-10)9-18-15-8-13(16)3-4-14(15)17/h3-8H,9,17H2,1-2H3. The molecule has 0 saturated carbocycles. The summed E-state index contributed by atoms with van der Waals surface area (Å²) in [7, 11) is 0. The van der Waals surface area contributed by atoms with Crippen molar-refractivity contribution in [3.8, 4) is 0 Å². The smallest absolute Gasteiger partial charge is 0.0453 e. The van der Waals surface area contributed by atoms with E-state index in [9.17, 15) is 0 Å². The number of thioether (sulfide) groups is 1. The molecular formula is C15H16BrNS. The first-order chi connectivity index (χ1) is 8.54. The van der Waals surface area contributed by atoms with Gasteiger partial charge in [-0.15, -0.1) is 11.8 Å². The molecule has 3 heteroatoms. The molecule has 0 saturated heterocycles. The number of nitrogens with two attached hydrogens (primary N) is 1. The number of nitrogen functional groups attached to an aromatic ring is 1. The van der Waals surface area contributed by atoms with E-state index in [1.54, 1.807) is 11.8 Å². The van der Waals surface area contributed by atoms with Crippen LogP contribution in [0.1, 0.15) is 16.7 Å². The molecule has 0 amide bonds. The van der Waals surface area contributed by atoms with Crippen LogP contribution in [0.5, 0.6) is 0 Å². The second-order valence-corrected chi connectivity index (χ2v) is 6.40. The Bertz CT molecular complexity index is 546. The van der Waals surface area contributed by atoms with Gasteiger partial charge in [-0.25, -0.2) is 0 Å². The molecule has 0 aliphatic carbocycles. The predicted molar refractivity (Wildman–Crippen MR) is 84.0 cm³/mol. The Kier molecular flexibility index (Phi) is 4.36. The highest BCUT2D eigenvalue weighted by Crippen LogP contribution is 2.31. The fraction of sp³-hybridized carbons (Fsp3) is 0.200. The summed E-state index contributed by atoms with van der Waals surface area (Å²) in [6.07, 6.45) is 0. The number of hydrogen-bond donors (Lipinski definition) is 1. The molecular weight excluding hydrogens is 306 g/mol. The third-order valence-corrected chi connectivity index (χ3v) is 4.29. The Morgan fingerprint density at radius 1 is 1.06 bits per heavy atom. The van der Waals surface area contributed by atoms with Crippen molar-refractivity contribution < 1.29 is 0 Å². The fourth-order valence-electron chi connectivity index (χ4n) is 1.95. The molecule has 0 bridgehead atoms. The third kappa shape index (κ3) is 3.53. The molecule has 2 rings (SSSR count). The normalized spacial score (nSPS) is 10.6. The Balaban J connectivity index is 2.13. The van der Waals surface area contributed by atoms with E-state index in [4.69, 9.17) is 5.73 Å². The van der Waals surface area contributed by atoms with E-state index in [1.165, 1.54) is 16.7 Å². The molecule has 0 spiro atoms. The molecule has 2 aromatic carbocycles. The van der Waals surface area contributed by atoms with Crippen molar-refractivity contribution in [3.63, 3.8) is 0 Å². The van der Waals surface area contributed by atoms with Crippen molar-refractivity contribution in [2.24, 2.45) is 0 Å². The molecule has 0 aliphatic rings. The van der Waals surface area contributed by atoms with Crippen LogP contribution in [0.3, 0.4) is 0 Å². The van der Waals surface area contributed by atoms with Crippen LogP contribution in [0.25, 0.3) is 0 Å². The maximum atomic E-state index is 5.97. The summed E-state index contributed by atoms with van der Waals surface area (Å²) in [6.45, 7) is 4.27. The van der Waals surface area contributed by atoms with Crippen LogP contribution in [-0.4, -0.2) is 0 Å². The van der Waals surface area contributed by atoms with Crippen LogP contribution in [0, 0.1) is 13.8 Å². The van der Waals surface area contributed by atoms with Crippen LogP contribution in [0.15, 0.2) is 45.8 Å². The van der Waals surface area contributed by atoms with Gasteiger partial charge in [-0.05, 0) is 37.6 Å². The van der Waals surface area contributed by atoms with Gasteiger partial charge in [0.25, 0.3) is 0 Å². The molecule has 0 unspecified atom stereocenters. The Labute approximate surface area is 121 Å².